The van der Waals surface area contributed by atoms with Crippen LogP contribution in [0.3, 0.4) is 0 Å². The third-order valence-corrected chi connectivity index (χ3v) is 5.69. The van der Waals surface area contributed by atoms with Crippen LogP contribution < -0.4 is 0 Å². The summed E-state index contributed by atoms with van der Waals surface area (Å²) in [5.74, 6) is 1.93. The van der Waals surface area contributed by atoms with Crippen molar-refractivity contribution >= 4 is 16.9 Å². The highest BCUT2D eigenvalue weighted by Gasteiger charge is 2.24. The molecule has 0 atom stereocenters. The molecule has 1 aromatic heterocycles. The molecule has 1 aliphatic heterocycles. The van der Waals surface area contributed by atoms with Crippen LogP contribution in [-0.2, 0) is 17.8 Å². The number of piperidine rings is 1. The maximum atomic E-state index is 12.6. The van der Waals surface area contributed by atoms with Gasteiger partial charge in [-0.3, -0.25) is 4.79 Å². The molecule has 0 radical (unpaired) electrons. The van der Waals surface area contributed by atoms with Gasteiger partial charge in [0.25, 0.3) is 0 Å². The Hall–Kier alpha value is -2.62. The van der Waals surface area contributed by atoms with Crippen molar-refractivity contribution in [3.8, 4) is 0 Å². The van der Waals surface area contributed by atoms with Gasteiger partial charge in [-0.05, 0) is 50.3 Å². The van der Waals surface area contributed by atoms with E-state index in [1.54, 1.807) is 0 Å². The second-order valence-corrected chi connectivity index (χ2v) is 7.75. The molecular formula is C23H27N3O. The fourth-order valence-electron chi connectivity index (χ4n) is 4.16. The Morgan fingerprint density at radius 3 is 2.63 bits per heavy atom. The van der Waals surface area contributed by atoms with Crippen LogP contribution in [0.5, 0.6) is 0 Å². The predicted octanol–water partition coefficient (Wildman–Crippen LogP) is 4.13. The van der Waals surface area contributed by atoms with Gasteiger partial charge in [-0.2, -0.15) is 0 Å². The number of imidazole rings is 1. The first-order valence-corrected chi connectivity index (χ1v) is 9.85. The standard InChI is InChI=1S/C23H27N3O/c1-17-6-5-7-20(14-17)15-23(27)25-12-10-19(11-13-25)16-26-18(2)24-21-8-3-4-9-22(21)26/h3-9,14,19H,10-13,15-16H2,1-2H3. The average molecular weight is 361 g/mol. The number of likely N-dealkylation sites (tertiary alicyclic amines) is 1. The molecule has 0 spiro atoms. The maximum Gasteiger partial charge on any atom is 0.226 e. The molecule has 140 valence electrons. The number of benzene rings is 2. The van der Waals surface area contributed by atoms with Crippen molar-refractivity contribution in [1.82, 2.24) is 14.5 Å². The van der Waals surface area contributed by atoms with E-state index in [0.717, 1.165) is 49.4 Å². The lowest BCUT2D eigenvalue weighted by atomic mass is 9.96. The minimum absolute atomic E-state index is 0.253. The predicted molar refractivity (Wildman–Crippen MR) is 109 cm³/mol. The summed E-state index contributed by atoms with van der Waals surface area (Å²) in [5.41, 5.74) is 4.61. The average Bonchev–Trinajstić information content (AvgIpc) is 2.98. The summed E-state index contributed by atoms with van der Waals surface area (Å²) >= 11 is 0. The summed E-state index contributed by atoms with van der Waals surface area (Å²) in [6, 6.07) is 16.6. The normalized spacial score (nSPS) is 15.4. The van der Waals surface area contributed by atoms with E-state index in [1.165, 1.54) is 11.1 Å². The van der Waals surface area contributed by atoms with Crippen molar-refractivity contribution < 1.29 is 4.79 Å². The van der Waals surface area contributed by atoms with Crippen molar-refractivity contribution in [3.05, 3.63) is 65.5 Å². The molecule has 2 aromatic carbocycles. The Bertz CT molecular complexity index is 951. The van der Waals surface area contributed by atoms with Crippen molar-refractivity contribution in [2.24, 2.45) is 5.92 Å². The van der Waals surface area contributed by atoms with E-state index in [4.69, 9.17) is 0 Å². The van der Waals surface area contributed by atoms with Crippen LogP contribution in [0.25, 0.3) is 11.0 Å². The molecule has 0 saturated carbocycles. The number of carbonyl (C=O) groups is 1. The lowest BCUT2D eigenvalue weighted by molar-refractivity contribution is -0.131. The molecule has 0 bridgehead atoms. The topological polar surface area (TPSA) is 38.1 Å². The first-order chi connectivity index (χ1) is 13.1. The van der Waals surface area contributed by atoms with Gasteiger partial charge >= 0.3 is 0 Å². The van der Waals surface area contributed by atoms with Gasteiger partial charge in [0.05, 0.1) is 17.5 Å². The van der Waals surface area contributed by atoms with Crippen molar-refractivity contribution in [2.75, 3.05) is 13.1 Å². The SMILES string of the molecule is Cc1cccc(CC(=O)N2CCC(Cn3c(C)nc4ccccc43)CC2)c1. The number of para-hydroxylation sites is 2. The van der Waals surface area contributed by atoms with Gasteiger partial charge in [0.15, 0.2) is 0 Å². The highest BCUT2D eigenvalue weighted by Crippen LogP contribution is 2.24. The Balaban J connectivity index is 1.36. The van der Waals surface area contributed by atoms with E-state index in [1.807, 2.05) is 23.1 Å². The molecular weight excluding hydrogens is 334 g/mol. The zero-order valence-corrected chi connectivity index (χ0v) is 16.2. The van der Waals surface area contributed by atoms with Crippen LogP contribution >= 0.6 is 0 Å². The minimum atomic E-state index is 0.253. The van der Waals surface area contributed by atoms with Crippen LogP contribution in [0.2, 0.25) is 0 Å². The van der Waals surface area contributed by atoms with Crippen LogP contribution in [0, 0.1) is 19.8 Å². The summed E-state index contributed by atoms with van der Waals surface area (Å²) in [5, 5.41) is 0. The van der Waals surface area contributed by atoms with E-state index < -0.39 is 0 Å². The molecule has 4 rings (SSSR count). The lowest BCUT2D eigenvalue weighted by Crippen LogP contribution is -2.40. The molecule has 4 nitrogen and oxygen atoms in total. The molecule has 2 heterocycles. The third kappa shape index (κ3) is 3.90. The lowest BCUT2D eigenvalue weighted by Gasteiger charge is -2.32. The highest BCUT2D eigenvalue weighted by molar-refractivity contribution is 5.79. The van der Waals surface area contributed by atoms with E-state index >= 15 is 0 Å². The number of hydrogen-bond acceptors (Lipinski definition) is 2. The van der Waals surface area contributed by atoms with Gasteiger partial charge in [0.2, 0.25) is 5.91 Å². The number of nitrogens with zero attached hydrogens (tertiary/aromatic N) is 3. The van der Waals surface area contributed by atoms with Gasteiger partial charge < -0.3 is 9.47 Å². The molecule has 1 aliphatic rings. The second-order valence-electron chi connectivity index (χ2n) is 7.75. The monoisotopic (exact) mass is 361 g/mol. The minimum Gasteiger partial charge on any atom is -0.342 e. The number of fused-ring (bicyclic) bond motifs is 1. The number of hydrogen-bond donors (Lipinski definition) is 0. The van der Waals surface area contributed by atoms with Crippen LogP contribution in [-0.4, -0.2) is 33.4 Å². The van der Waals surface area contributed by atoms with Crippen molar-refractivity contribution in [1.29, 1.82) is 0 Å². The summed E-state index contributed by atoms with van der Waals surface area (Å²) in [6.07, 6.45) is 2.63. The van der Waals surface area contributed by atoms with Gasteiger partial charge in [-0.25, -0.2) is 4.98 Å². The molecule has 1 amide bonds. The summed E-state index contributed by atoms with van der Waals surface area (Å²) in [7, 11) is 0. The molecule has 0 unspecified atom stereocenters. The summed E-state index contributed by atoms with van der Waals surface area (Å²) in [6.45, 7) is 6.87. The Morgan fingerprint density at radius 2 is 1.85 bits per heavy atom. The number of amides is 1. The Morgan fingerprint density at radius 1 is 1.07 bits per heavy atom. The molecule has 1 fully saturated rings. The number of aromatic nitrogens is 2. The van der Waals surface area contributed by atoms with Crippen molar-refractivity contribution in [3.63, 3.8) is 0 Å². The molecule has 0 aliphatic carbocycles. The van der Waals surface area contributed by atoms with Crippen molar-refractivity contribution in [2.45, 2.75) is 39.7 Å². The van der Waals surface area contributed by atoms with Gasteiger partial charge in [-0.15, -0.1) is 0 Å². The van der Waals surface area contributed by atoms with Crippen LogP contribution in [0.4, 0.5) is 0 Å². The molecule has 1 saturated heterocycles. The van der Waals surface area contributed by atoms with Crippen LogP contribution in [0.1, 0.15) is 29.8 Å². The van der Waals surface area contributed by atoms with E-state index in [0.29, 0.717) is 12.3 Å². The maximum absolute atomic E-state index is 12.6. The molecule has 4 heteroatoms. The summed E-state index contributed by atoms with van der Waals surface area (Å²) < 4.78 is 2.34. The zero-order valence-electron chi connectivity index (χ0n) is 16.2. The third-order valence-electron chi connectivity index (χ3n) is 5.69. The number of aryl methyl sites for hydroxylation is 2. The Kier molecular flexibility index (Phi) is 4.97. The van der Waals surface area contributed by atoms with Gasteiger partial charge in [0.1, 0.15) is 5.82 Å². The van der Waals surface area contributed by atoms with Crippen LogP contribution in [0.15, 0.2) is 48.5 Å². The summed E-state index contributed by atoms with van der Waals surface area (Å²) in [4.78, 5) is 19.4. The van der Waals surface area contributed by atoms with E-state index in [2.05, 4.69) is 53.7 Å². The molecule has 3 aromatic rings. The van der Waals surface area contributed by atoms with E-state index in [9.17, 15) is 4.79 Å². The quantitative estimate of drug-likeness (QED) is 0.701. The van der Waals surface area contributed by atoms with Gasteiger partial charge in [-0.1, -0.05) is 42.0 Å². The fraction of sp³-hybridized carbons (Fsp3) is 0.391. The zero-order chi connectivity index (χ0) is 18.8. The largest absolute Gasteiger partial charge is 0.342 e. The fourth-order valence-corrected chi connectivity index (χ4v) is 4.16. The van der Waals surface area contributed by atoms with E-state index in [-0.39, 0.29) is 5.91 Å². The first kappa shape index (κ1) is 17.8. The smallest absolute Gasteiger partial charge is 0.226 e. The van der Waals surface area contributed by atoms with Gasteiger partial charge in [0, 0.05) is 19.6 Å². The highest BCUT2D eigenvalue weighted by atomic mass is 16.2. The number of carbonyl (C=O) groups excluding carboxylic acids is 1. The first-order valence-electron chi connectivity index (χ1n) is 9.85. The Labute approximate surface area is 160 Å². The molecule has 0 N–H and O–H groups in total. The second kappa shape index (κ2) is 7.55. The number of rotatable bonds is 4. The molecule has 27 heavy (non-hydrogen) atoms.